The second kappa shape index (κ2) is 5.38. The zero-order valence-corrected chi connectivity index (χ0v) is 11.5. The molecule has 1 fully saturated rings. The highest BCUT2D eigenvalue weighted by Gasteiger charge is 2.26. The molecular weight excluding hydrogens is 305 g/mol. The molecular formula is C12H13BrClNO2. The molecule has 1 aromatic rings. The molecule has 0 heterocycles. The van der Waals surface area contributed by atoms with E-state index in [-0.39, 0.29) is 0 Å². The number of rotatable bonds is 5. The van der Waals surface area contributed by atoms with Crippen molar-refractivity contribution in [2.75, 3.05) is 6.54 Å². The van der Waals surface area contributed by atoms with Crippen molar-refractivity contribution in [1.29, 1.82) is 0 Å². The molecule has 92 valence electrons. The Hall–Kier alpha value is -0.580. The van der Waals surface area contributed by atoms with Crippen molar-refractivity contribution in [2.24, 2.45) is 5.92 Å². The van der Waals surface area contributed by atoms with Gasteiger partial charge in [0.05, 0.1) is 0 Å². The van der Waals surface area contributed by atoms with Gasteiger partial charge in [0.25, 0.3) is 0 Å². The van der Waals surface area contributed by atoms with Gasteiger partial charge < -0.3 is 10.4 Å². The maximum absolute atomic E-state index is 11.3. The Bertz CT molecular complexity index is 435. The van der Waals surface area contributed by atoms with Gasteiger partial charge in [0.1, 0.15) is 6.04 Å². The Balaban J connectivity index is 2.17. The van der Waals surface area contributed by atoms with Crippen molar-refractivity contribution in [3.63, 3.8) is 0 Å². The molecule has 1 unspecified atom stereocenters. The third-order valence-electron chi connectivity index (χ3n) is 2.82. The molecule has 1 saturated carbocycles. The van der Waals surface area contributed by atoms with Gasteiger partial charge in [0.15, 0.2) is 0 Å². The molecule has 0 spiro atoms. The third-order valence-corrected chi connectivity index (χ3v) is 3.78. The first kappa shape index (κ1) is 12.9. The summed E-state index contributed by atoms with van der Waals surface area (Å²) in [4.78, 5) is 11.3. The number of halogens is 2. The molecule has 1 atom stereocenters. The van der Waals surface area contributed by atoms with Crippen LogP contribution in [-0.4, -0.2) is 17.6 Å². The van der Waals surface area contributed by atoms with Gasteiger partial charge in [-0.2, -0.15) is 0 Å². The van der Waals surface area contributed by atoms with E-state index in [4.69, 9.17) is 11.6 Å². The second-order valence-electron chi connectivity index (χ2n) is 4.29. The van der Waals surface area contributed by atoms with Crippen LogP contribution < -0.4 is 5.32 Å². The number of hydrogen-bond donors (Lipinski definition) is 2. The van der Waals surface area contributed by atoms with Crippen LogP contribution in [0.3, 0.4) is 0 Å². The summed E-state index contributed by atoms with van der Waals surface area (Å²) in [5.41, 5.74) is 0.672. The van der Waals surface area contributed by atoms with Crippen molar-refractivity contribution in [3.8, 4) is 0 Å². The summed E-state index contributed by atoms with van der Waals surface area (Å²) in [5, 5.41) is 12.9. The van der Waals surface area contributed by atoms with E-state index in [9.17, 15) is 9.90 Å². The monoisotopic (exact) mass is 317 g/mol. The standard InChI is InChI=1S/C12H13BrClNO2/c13-10-4-3-8(14)5-9(10)11(12(16)17)15-6-7-1-2-7/h3-5,7,11,15H,1-2,6H2,(H,16,17). The van der Waals surface area contributed by atoms with Gasteiger partial charge in [-0.1, -0.05) is 27.5 Å². The van der Waals surface area contributed by atoms with Crippen molar-refractivity contribution in [1.82, 2.24) is 5.32 Å². The van der Waals surface area contributed by atoms with Crippen LogP contribution >= 0.6 is 27.5 Å². The number of carbonyl (C=O) groups is 1. The average Bonchev–Trinajstić information content (AvgIpc) is 3.06. The minimum Gasteiger partial charge on any atom is -0.480 e. The van der Waals surface area contributed by atoms with E-state index in [0.717, 1.165) is 11.0 Å². The topological polar surface area (TPSA) is 49.3 Å². The second-order valence-corrected chi connectivity index (χ2v) is 5.58. The van der Waals surface area contributed by atoms with Gasteiger partial charge >= 0.3 is 5.97 Å². The molecule has 0 saturated heterocycles. The van der Waals surface area contributed by atoms with E-state index in [1.807, 2.05) is 0 Å². The molecule has 0 aliphatic heterocycles. The van der Waals surface area contributed by atoms with Crippen LogP contribution in [0.25, 0.3) is 0 Å². The summed E-state index contributed by atoms with van der Waals surface area (Å²) in [5.74, 6) is -0.247. The van der Waals surface area contributed by atoms with Crippen molar-refractivity contribution >= 4 is 33.5 Å². The number of nitrogens with one attached hydrogen (secondary N) is 1. The molecule has 17 heavy (non-hydrogen) atoms. The first-order chi connectivity index (χ1) is 8.08. The molecule has 1 aliphatic carbocycles. The van der Waals surface area contributed by atoms with Crippen LogP contribution in [0.4, 0.5) is 0 Å². The Kier molecular flexibility index (Phi) is 4.07. The van der Waals surface area contributed by atoms with E-state index in [2.05, 4.69) is 21.2 Å². The lowest BCUT2D eigenvalue weighted by Crippen LogP contribution is -2.30. The predicted octanol–water partition coefficient (Wildman–Crippen LogP) is 3.23. The normalized spacial score (nSPS) is 16.8. The number of carboxylic acids is 1. The zero-order valence-electron chi connectivity index (χ0n) is 9.12. The van der Waals surface area contributed by atoms with Gasteiger partial charge in [-0.25, -0.2) is 0 Å². The Morgan fingerprint density at radius 1 is 1.59 bits per heavy atom. The third kappa shape index (κ3) is 3.44. The molecule has 0 aromatic heterocycles. The Labute approximate surface area is 113 Å². The van der Waals surface area contributed by atoms with E-state index < -0.39 is 12.0 Å². The number of hydrogen-bond acceptors (Lipinski definition) is 2. The molecule has 1 aliphatic rings. The van der Waals surface area contributed by atoms with Crippen molar-refractivity contribution in [2.45, 2.75) is 18.9 Å². The molecule has 5 heteroatoms. The summed E-state index contributed by atoms with van der Waals surface area (Å²) in [6.45, 7) is 0.746. The largest absolute Gasteiger partial charge is 0.480 e. The summed E-state index contributed by atoms with van der Waals surface area (Å²) < 4.78 is 0.762. The molecule has 0 bridgehead atoms. The molecule has 3 nitrogen and oxygen atoms in total. The van der Waals surface area contributed by atoms with Crippen LogP contribution in [0.15, 0.2) is 22.7 Å². The van der Waals surface area contributed by atoms with E-state index in [1.165, 1.54) is 12.8 Å². The highest BCUT2D eigenvalue weighted by atomic mass is 79.9. The van der Waals surface area contributed by atoms with Crippen LogP contribution in [0, 0.1) is 5.92 Å². The fraction of sp³-hybridized carbons (Fsp3) is 0.417. The van der Waals surface area contributed by atoms with Crippen molar-refractivity contribution in [3.05, 3.63) is 33.3 Å². The lowest BCUT2D eigenvalue weighted by Gasteiger charge is -2.16. The average molecular weight is 319 g/mol. The summed E-state index contributed by atoms with van der Waals surface area (Å²) in [6, 6.07) is 4.48. The molecule has 1 aromatic carbocycles. The first-order valence-electron chi connectivity index (χ1n) is 5.49. The van der Waals surface area contributed by atoms with Gasteiger partial charge in [-0.15, -0.1) is 0 Å². The van der Waals surface area contributed by atoms with Gasteiger partial charge in [0.2, 0.25) is 0 Å². The lowest BCUT2D eigenvalue weighted by molar-refractivity contribution is -0.139. The van der Waals surface area contributed by atoms with E-state index in [0.29, 0.717) is 16.5 Å². The van der Waals surface area contributed by atoms with Gasteiger partial charge in [-0.3, -0.25) is 4.79 Å². The number of benzene rings is 1. The lowest BCUT2D eigenvalue weighted by atomic mass is 10.1. The molecule has 0 radical (unpaired) electrons. The van der Waals surface area contributed by atoms with E-state index in [1.54, 1.807) is 18.2 Å². The van der Waals surface area contributed by atoms with Crippen LogP contribution in [0.5, 0.6) is 0 Å². The SMILES string of the molecule is O=C(O)C(NCC1CC1)c1cc(Cl)ccc1Br. The van der Waals surface area contributed by atoms with Crippen molar-refractivity contribution < 1.29 is 9.90 Å². The number of carboxylic acid groups (broad SMARTS) is 1. The zero-order chi connectivity index (χ0) is 12.4. The highest BCUT2D eigenvalue weighted by molar-refractivity contribution is 9.10. The number of aliphatic carboxylic acids is 1. The summed E-state index contributed by atoms with van der Waals surface area (Å²) in [6.07, 6.45) is 2.38. The van der Waals surface area contributed by atoms with Crippen LogP contribution in [0.2, 0.25) is 5.02 Å². The fourth-order valence-corrected chi connectivity index (χ4v) is 2.33. The molecule has 0 amide bonds. The van der Waals surface area contributed by atoms with Crippen LogP contribution in [-0.2, 0) is 4.79 Å². The Morgan fingerprint density at radius 2 is 2.29 bits per heavy atom. The quantitative estimate of drug-likeness (QED) is 0.876. The molecule has 2 N–H and O–H groups in total. The van der Waals surface area contributed by atoms with Crippen LogP contribution in [0.1, 0.15) is 24.4 Å². The smallest absolute Gasteiger partial charge is 0.325 e. The minimum absolute atomic E-state index is 0.544. The summed E-state index contributed by atoms with van der Waals surface area (Å²) >= 11 is 9.26. The molecule has 2 rings (SSSR count). The first-order valence-corrected chi connectivity index (χ1v) is 6.66. The predicted molar refractivity (Wildman–Crippen MR) is 70.3 cm³/mol. The fourth-order valence-electron chi connectivity index (χ4n) is 1.67. The maximum atomic E-state index is 11.3. The Morgan fingerprint density at radius 3 is 2.88 bits per heavy atom. The summed E-state index contributed by atoms with van der Waals surface area (Å²) in [7, 11) is 0. The van der Waals surface area contributed by atoms with Gasteiger partial charge in [-0.05, 0) is 49.1 Å². The minimum atomic E-state index is -0.881. The highest BCUT2D eigenvalue weighted by Crippen LogP contribution is 2.30. The van der Waals surface area contributed by atoms with Gasteiger partial charge in [0, 0.05) is 9.50 Å². The maximum Gasteiger partial charge on any atom is 0.325 e. The van der Waals surface area contributed by atoms with E-state index >= 15 is 0 Å².